The smallest absolute Gasteiger partial charge is 0.284 e. The van der Waals surface area contributed by atoms with Gasteiger partial charge in [0, 0.05) is 13.1 Å². The summed E-state index contributed by atoms with van der Waals surface area (Å²) in [5.41, 5.74) is 11.0. The van der Waals surface area contributed by atoms with Crippen molar-refractivity contribution in [1.29, 1.82) is 0 Å². The Morgan fingerprint density at radius 1 is 1.53 bits per heavy atom. The summed E-state index contributed by atoms with van der Waals surface area (Å²) >= 11 is 0. The molecule has 0 aromatic carbocycles. The molecule has 7 nitrogen and oxygen atoms in total. The summed E-state index contributed by atoms with van der Waals surface area (Å²) in [6, 6.07) is 3.19. The van der Waals surface area contributed by atoms with Gasteiger partial charge in [0.2, 0.25) is 0 Å². The number of hydrogen-bond acceptors (Lipinski definition) is 4. The van der Waals surface area contributed by atoms with Crippen molar-refractivity contribution < 1.29 is 13.9 Å². The Hall–Kier alpha value is -2.02. The number of rotatable bonds is 3. The maximum Gasteiger partial charge on any atom is 0.284 e. The van der Waals surface area contributed by atoms with Gasteiger partial charge in [0.15, 0.2) is 11.7 Å². The van der Waals surface area contributed by atoms with E-state index in [1.807, 2.05) is 11.8 Å². The molecule has 2 rings (SSSR count). The summed E-state index contributed by atoms with van der Waals surface area (Å²) in [6.07, 6.45) is 0.146. The lowest BCUT2D eigenvalue weighted by Gasteiger charge is -2.31. The lowest BCUT2D eigenvalue weighted by molar-refractivity contribution is 0.00527. The largest absolute Gasteiger partial charge is 0.454 e. The lowest BCUT2D eigenvalue weighted by atomic mass is 10.3. The van der Waals surface area contributed by atoms with Gasteiger partial charge in [-0.2, -0.15) is 0 Å². The summed E-state index contributed by atoms with van der Waals surface area (Å²) < 4.78 is 10.7. The molecule has 19 heavy (non-hydrogen) atoms. The maximum absolute atomic E-state index is 10.9. The molecule has 1 amide bonds. The zero-order valence-corrected chi connectivity index (χ0v) is 10.8. The number of carbonyl (C=O) groups is 1. The van der Waals surface area contributed by atoms with Crippen molar-refractivity contribution in [3.8, 4) is 0 Å². The first kappa shape index (κ1) is 13.4. The van der Waals surface area contributed by atoms with Crippen molar-refractivity contribution in [2.45, 2.75) is 19.6 Å². The average Bonchev–Trinajstić information content (AvgIpc) is 2.85. The predicted octanol–water partition coefficient (Wildman–Crippen LogP) is -0.0861. The van der Waals surface area contributed by atoms with Crippen LogP contribution in [-0.4, -0.2) is 42.6 Å². The van der Waals surface area contributed by atoms with Gasteiger partial charge in [-0.1, -0.05) is 0 Å². The van der Waals surface area contributed by atoms with E-state index in [2.05, 4.69) is 4.99 Å². The zero-order valence-electron chi connectivity index (χ0n) is 10.8. The van der Waals surface area contributed by atoms with Crippen LogP contribution in [0.15, 0.2) is 21.5 Å². The fourth-order valence-electron chi connectivity index (χ4n) is 1.88. The minimum atomic E-state index is -0.592. The third kappa shape index (κ3) is 3.47. The van der Waals surface area contributed by atoms with Gasteiger partial charge in [-0.25, -0.2) is 4.99 Å². The zero-order chi connectivity index (χ0) is 13.8. The molecular formula is C12H18N4O3. The third-order valence-electron chi connectivity index (χ3n) is 2.87. The molecule has 0 saturated carbocycles. The average molecular weight is 266 g/mol. The van der Waals surface area contributed by atoms with Gasteiger partial charge in [-0.05, 0) is 19.1 Å². The minimum Gasteiger partial charge on any atom is -0.454 e. The number of primary amides is 1. The molecule has 1 aliphatic heterocycles. The maximum atomic E-state index is 10.9. The van der Waals surface area contributed by atoms with Crippen LogP contribution in [0.25, 0.3) is 0 Å². The van der Waals surface area contributed by atoms with Gasteiger partial charge in [-0.3, -0.25) is 4.79 Å². The van der Waals surface area contributed by atoms with Gasteiger partial charge in [0.1, 0.15) is 12.3 Å². The molecular weight excluding hydrogens is 248 g/mol. The Kier molecular flexibility index (Phi) is 4.06. The number of furan rings is 1. The number of guanidine groups is 1. The summed E-state index contributed by atoms with van der Waals surface area (Å²) in [6.45, 7) is 4.37. The number of aliphatic imine (C=N–C) groups is 1. The molecule has 7 heteroatoms. The van der Waals surface area contributed by atoms with Crippen LogP contribution in [0.3, 0.4) is 0 Å². The van der Waals surface area contributed by atoms with Crippen LogP contribution in [-0.2, 0) is 11.3 Å². The highest BCUT2D eigenvalue weighted by atomic mass is 16.5. The molecule has 4 N–H and O–H groups in total. The molecule has 1 aliphatic rings. The van der Waals surface area contributed by atoms with Gasteiger partial charge < -0.3 is 25.5 Å². The van der Waals surface area contributed by atoms with Gasteiger partial charge in [-0.15, -0.1) is 0 Å². The number of morpholine rings is 1. The number of nitrogens with zero attached hydrogens (tertiary/aromatic N) is 2. The highest BCUT2D eigenvalue weighted by Gasteiger charge is 2.18. The Balaban J connectivity index is 1.94. The normalized spacial score (nSPS) is 20.6. The van der Waals surface area contributed by atoms with Crippen molar-refractivity contribution in [2.75, 3.05) is 19.7 Å². The number of carbonyl (C=O) groups excluding carboxylic acids is 1. The van der Waals surface area contributed by atoms with Crippen LogP contribution in [0.1, 0.15) is 23.2 Å². The van der Waals surface area contributed by atoms with Gasteiger partial charge in [0.05, 0.1) is 12.7 Å². The fourth-order valence-corrected chi connectivity index (χ4v) is 1.88. The quantitative estimate of drug-likeness (QED) is 0.587. The molecule has 0 aliphatic carbocycles. The molecule has 1 atom stereocenters. The van der Waals surface area contributed by atoms with Gasteiger partial charge in [0.25, 0.3) is 5.91 Å². The Morgan fingerprint density at radius 3 is 2.95 bits per heavy atom. The van der Waals surface area contributed by atoms with Crippen molar-refractivity contribution >= 4 is 11.9 Å². The molecule has 1 unspecified atom stereocenters. The first-order chi connectivity index (χ1) is 9.06. The summed E-state index contributed by atoms with van der Waals surface area (Å²) in [5.74, 6) is 0.541. The molecule has 104 valence electrons. The highest BCUT2D eigenvalue weighted by Crippen LogP contribution is 2.09. The van der Waals surface area contributed by atoms with Crippen molar-refractivity contribution in [3.05, 3.63) is 23.7 Å². The van der Waals surface area contributed by atoms with E-state index in [1.165, 1.54) is 6.07 Å². The van der Waals surface area contributed by atoms with E-state index in [0.717, 1.165) is 13.1 Å². The number of nitrogens with two attached hydrogens (primary N) is 2. The van der Waals surface area contributed by atoms with Crippen molar-refractivity contribution in [1.82, 2.24) is 4.90 Å². The molecule has 0 spiro atoms. The van der Waals surface area contributed by atoms with E-state index < -0.39 is 5.91 Å². The summed E-state index contributed by atoms with van der Waals surface area (Å²) in [7, 11) is 0. The van der Waals surface area contributed by atoms with Crippen LogP contribution >= 0.6 is 0 Å². The Bertz CT molecular complexity index is 483. The van der Waals surface area contributed by atoms with Crippen LogP contribution in [0.5, 0.6) is 0 Å². The fraction of sp³-hybridized carbons (Fsp3) is 0.500. The Labute approximate surface area is 111 Å². The first-order valence-electron chi connectivity index (χ1n) is 6.11. The molecule has 2 heterocycles. The number of amides is 1. The standard InChI is InChI=1S/C12H18N4O3/c1-8-7-16(4-5-18-8)12(14)15-6-9-2-3-10(19-9)11(13)17/h2-3,8H,4-7H2,1H3,(H2,13,17)(H2,14,15). The number of hydrogen-bond donors (Lipinski definition) is 2. The van der Waals surface area contributed by atoms with E-state index >= 15 is 0 Å². The molecule has 1 aromatic heterocycles. The summed E-state index contributed by atoms with van der Waals surface area (Å²) in [4.78, 5) is 17.1. The van der Waals surface area contributed by atoms with Crippen LogP contribution in [0.4, 0.5) is 0 Å². The van der Waals surface area contributed by atoms with Crippen molar-refractivity contribution in [2.24, 2.45) is 16.5 Å². The topological polar surface area (TPSA) is 107 Å². The van der Waals surface area contributed by atoms with E-state index in [-0.39, 0.29) is 18.4 Å². The van der Waals surface area contributed by atoms with E-state index in [1.54, 1.807) is 6.07 Å². The van der Waals surface area contributed by atoms with Crippen molar-refractivity contribution in [3.63, 3.8) is 0 Å². The monoisotopic (exact) mass is 266 g/mol. The molecule has 0 radical (unpaired) electrons. The molecule has 1 fully saturated rings. The highest BCUT2D eigenvalue weighted by molar-refractivity contribution is 5.89. The second-order valence-corrected chi connectivity index (χ2v) is 4.43. The Morgan fingerprint density at radius 2 is 2.32 bits per heavy atom. The predicted molar refractivity (Wildman–Crippen MR) is 69.5 cm³/mol. The van der Waals surface area contributed by atoms with Crippen LogP contribution in [0.2, 0.25) is 0 Å². The molecule has 1 aromatic rings. The second kappa shape index (κ2) is 5.75. The number of ether oxygens (including phenoxy) is 1. The van der Waals surface area contributed by atoms with Crippen LogP contribution < -0.4 is 11.5 Å². The SMILES string of the molecule is CC1CN(C(N)=NCc2ccc(C(N)=O)o2)CCO1. The van der Waals surface area contributed by atoms with E-state index in [4.69, 9.17) is 20.6 Å². The molecule has 1 saturated heterocycles. The van der Waals surface area contributed by atoms with Gasteiger partial charge >= 0.3 is 0 Å². The third-order valence-corrected chi connectivity index (χ3v) is 2.87. The first-order valence-corrected chi connectivity index (χ1v) is 6.11. The van der Waals surface area contributed by atoms with Crippen LogP contribution in [0, 0.1) is 0 Å². The van der Waals surface area contributed by atoms with E-state index in [0.29, 0.717) is 18.3 Å². The lowest BCUT2D eigenvalue weighted by Crippen LogP contribution is -2.47. The minimum absolute atomic E-state index is 0.128. The second-order valence-electron chi connectivity index (χ2n) is 4.43. The summed E-state index contributed by atoms with van der Waals surface area (Å²) in [5, 5.41) is 0. The molecule has 0 bridgehead atoms. The van der Waals surface area contributed by atoms with E-state index in [9.17, 15) is 4.79 Å².